The second kappa shape index (κ2) is 3.11. The van der Waals surface area contributed by atoms with E-state index in [1.807, 2.05) is 31.2 Å². The highest BCUT2D eigenvalue weighted by Gasteiger charge is 2.01. The second-order valence-electron chi connectivity index (χ2n) is 3.07. The lowest BCUT2D eigenvalue weighted by atomic mass is 10.2. The fourth-order valence-corrected chi connectivity index (χ4v) is 1.22. The lowest BCUT2D eigenvalue weighted by Crippen LogP contribution is -2.07. The molecule has 0 saturated carbocycles. The fraction of sp³-hybridized carbons (Fsp3) is 0.200. The third-order valence-corrected chi connectivity index (χ3v) is 1.95. The van der Waals surface area contributed by atoms with E-state index in [9.17, 15) is 0 Å². The number of aromatic nitrogens is 2. The Kier molecular flexibility index (Phi) is 1.94. The molecule has 0 aliphatic carbocycles. The lowest BCUT2D eigenvalue weighted by Gasteiger charge is -2.04. The molecular weight excluding hydrogens is 162 g/mol. The molecule has 3 nitrogen and oxygen atoms in total. The summed E-state index contributed by atoms with van der Waals surface area (Å²) in [6.45, 7) is 1.91. The number of pyridine rings is 2. The number of rotatable bonds is 1. The quantitative estimate of drug-likeness (QED) is 0.713. The van der Waals surface area contributed by atoms with Crippen LogP contribution in [0.4, 0.5) is 0 Å². The van der Waals surface area contributed by atoms with Crippen LogP contribution in [0.15, 0.2) is 30.5 Å². The molecule has 2 heterocycles. The van der Waals surface area contributed by atoms with Gasteiger partial charge in [-0.1, -0.05) is 0 Å². The van der Waals surface area contributed by atoms with E-state index in [2.05, 4.69) is 9.97 Å². The van der Waals surface area contributed by atoms with Gasteiger partial charge in [0.15, 0.2) is 5.65 Å². The third-order valence-electron chi connectivity index (χ3n) is 1.95. The number of hydrogen-bond acceptors (Lipinski definition) is 3. The molecule has 0 radical (unpaired) electrons. The zero-order valence-electron chi connectivity index (χ0n) is 7.44. The van der Waals surface area contributed by atoms with Crippen LogP contribution in [0.3, 0.4) is 0 Å². The standard InChI is InChI=1S/C10H11N3/c1-7(11)9-5-4-8-3-2-6-12-10(8)13-9/h2-7H,11H2,1H3. The summed E-state index contributed by atoms with van der Waals surface area (Å²) in [5.41, 5.74) is 7.36. The van der Waals surface area contributed by atoms with Gasteiger partial charge in [-0.3, -0.25) is 0 Å². The number of nitrogens with zero attached hydrogens (tertiary/aromatic N) is 2. The van der Waals surface area contributed by atoms with Crippen molar-refractivity contribution < 1.29 is 0 Å². The Labute approximate surface area is 76.6 Å². The number of hydrogen-bond donors (Lipinski definition) is 1. The van der Waals surface area contributed by atoms with Gasteiger partial charge in [0.1, 0.15) is 0 Å². The van der Waals surface area contributed by atoms with Gasteiger partial charge < -0.3 is 5.73 Å². The summed E-state index contributed by atoms with van der Waals surface area (Å²) >= 11 is 0. The minimum absolute atomic E-state index is 0.0357. The summed E-state index contributed by atoms with van der Waals surface area (Å²) in [6, 6.07) is 7.78. The Balaban J connectivity index is 2.62. The average molecular weight is 173 g/mol. The summed E-state index contributed by atoms with van der Waals surface area (Å²) < 4.78 is 0. The van der Waals surface area contributed by atoms with Gasteiger partial charge in [-0.25, -0.2) is 9.97 Å². The van der Waals surface area contributed by atoms with Crippen molar-refractivity contribution in [3.8, 4) is 0 Å². The summed E-state index contributed by atoms with van der Waals surface area (Å²) in [5.74, 6) is 0. The lowest BCUT2D eigenvalue weighted by molar-refractivity contribution is 0.785. The molecule has 0 amide bonds. The van der Waals surface area contributed by atoms with Crippen LogP contribution in [0.1, 0.15) is 18.7 Å². The van der Waals surface area contributed by atoms with Crippen LogP contribution in [0.5, 0.6) is 0 Å². The highest BCUT2D eigenvalue weighted by molar-refractivity contribution is 5.74. The Morgan fingerprint density at radius 3 is 2.92 bits per heavy atom. The predicted octanol–water partition coefficient (Wildman–Crippen LogP) is 1.65. The molecule has 1 unspecified atom stereocenters. The average Bonchev–Trinajstić information content (AvgIpc) is 2.17. The highest BCUT2D eigenvalue weighted by Crippen LogP contribution is 2.12. The Morgan fingerprint density at radius 2 is 2.15 bits per heavy atom. The Bertz CT molecular complexity index is 423. The van der Waals surface area contributed by atoms with E-state index in [1.165, 1.54) is 0 Å². The zero-order valence-corrected chi connectivity index (χ0v) is 7.44. The maximum atomic E-state index is 5.71. The molecule has 0 aromatic carbocycles. The van der Waals surface area contributed by atoms with Crippen LogP contribution in [0.2, 0.25) is 0 Å². The van der Waals surface area contributed by atoms with Gasteiger partial charge in [-0.2, -0.15) is 0 Å². The summed E-state index contributed by atoms with van der Waals surface area (Å²) in [4.78, 5) is 8.50. The molecule has 0 aliphatic heterocycles. The van der Waals surface area contributed by atoms with Gasteiger partial charge in [-0.05, 0) is 31.2 Å². The molecule has 2 rings (SSSR count). The molecule has 2 aromatic heterocycles. The molecule has 0 spiro atoms. The van der Waals surface area contributed by atoms with Gasteiger partial charge >= 0.3 is 0 Å². The number of nitrogens with two attached hydrogens (primary N) is 1. The molecule has 0 bridgehead atoms. The van der Waals surface area contributed by atoms with E-state index in [-0.39, 0.29) is 6.04 Å². The third kappa shape index (κ3) is 1.51. The van der Waals surface area contributed by atoms with Crippen LogP contribution in [-0.4, -0.2) is 9.97 Å². The van der Waals surface area contributed by atoms with Crippen molar-refractivity contribution in [2.75, 3.05) is 0 Å². The van der Waals surface area contributed by atoms with Gasteiger partial charge in [0, 0.05) is 17.6 Å². The highest BCUT2D eigenvalue weighted by atomic mass is 14.9. The fourth-order valence-electron chi connectivity index (χ4n) is 1.22. The molecule has 2 aromatic rings. The molecule has 13 heavy (non-hydrogen) atoms. The Hall–Kier alpha value is -1.48. The van der Waals surface area contributed by atoms with Gasteiger partial charge in [-0.15, -0.1) is 0 Å². The van der Waals surface area contributed by atoms with Gasteiger partial charge in [0.2, 0.25) is 0 Å². The first-order valence-corrected chi connectivity index (χ1v) is 4.24. The van der Waals surface area contributed by atoms with Crippen molar-refractivity contribution >= 4 is 11.0 Å². The van der Waals surface area contributed by atoms with Crippen LogP contribution >= 0.6 is 0 Å². The normalized spacial score (nSPS) is 13.1. The van der Waals surface area contributed by atoms with E-state index in [4.69, 9.17) is 5.73 Å². The molecule has 66 valence electrons. The zero-order chi connectivity index (χ0) is 9.26. The van der Waals surface area contributed by atoms with E-state index in [0.717, 1.165) is 16.7 Å². The molecule has 2 N–H and O–H groups in total. The topological polar surface area (TPSA) is 51.8 Å². The first kappa shape index (κ1) is 8.13. The summed E-state index contributed by atoms with van der Waals surface area (Å²) in [7, 11) is 0. The van der Waals surface area contributed by atoms with Crippen LogP contribution in [0, 0.1) is 0 Å². The first-order valence-electron chi connectivity index (χ1n) is 4.24. The summed E-state index contributed by atoms with van der Waals surface area (Å²) in [5, 5.41) is 1.05. The first-order chi connectivity index (χ1) is 6.27. The molecule has 3 heteroatoms. The molecule has 0 saturated heterocycles. The maximum absolute atomic E-state index is 5.71. The summed E-state index contributed by atoms with van der Waals surface area (Å²) in [6.07, 6.45) is 1.74. The molecule has 0 fully saturated rings. The minimum atomic E-state index is -0.0357. The molecule has 1 atom stereocenters. The van der Waals surface area contributed by atoms with Crippen LogP contribution in [0.25, 0.3) is 11.0 Å². The molecular formula is C10H11N3. The van der Waals surface area contributed by atoms with E-state index < -0.39 is 0 Å². The largest absolute Gasteiger partial charge is 0.323 e. The van der Waals surface area contributed by atoms with Crippen LogP contribution < -0.4 is 5.73 Å². The second-order valence-corrected chi connectivity index (χ2v) is 3.07. The van der Waals surface area contributed by atoms with Gasteiger partial charge in [0.05, 0.1) is 5.69 Å². The van der Waals surface area contributed by atoms with E-state index in [1.54, 1.807) is 6.20 Å². The maximum Gasteiger partial charge on any atom is 0.159 e. The Morgan fingerprint density at radius 1 is 1.31 bits per heavy atom. The van der Waals surface area contributed by atoms with E-state index >= 15 is 0 Å². The van der Waals surface area contributed by atoms with E-state index in [0.29, 0.717) is 0 Å². The van der Waals surface area contributed by atoms with Gasteiger partial charge in [0.25, 0.3) is 0 Å². The van der Waals surface area contributed by atoms with Crippen molar-refractivity contribution in [3.63, 3.8) is 0 Å². The monoisotopic (exact) mass is 173 g/mol. The van der Waals surface area contributed by atoms with Crippen molar-refractivity contribution in [2.24, 2.45) is 5.73 Å². The molecule has 0 aliphatic rings. The van der Waals surface area contributed by atoms with Crippen molar-refractivity contribution in [1.29, 1.82) is 0 Å². The predicted molar refractivity (Wildman–Crippen MR) is 52.1 cm³/mol. The van der Waals surface area contributed by atoms with Crippen molar-refractivity contribution in [3.05, 3.63) is 36.2 Å². The van der Waals surface area contributed by atoms with Crippen molar-refractivity contribution in [1.82, 2.24) is 9.97 Å². The van der Waals surface area contributed by atoms with Crippen LogP contribution in [-0.2, 0) is 0 Å². The van der Waals surface area contributed by atoms with Crippen molar-refractivity contribution in [2.45, 2.75) is 13.0 Å². The minimum Gasteiger partial charge on any atom is -0.323 e. The number of fused-ring (bicyclic) bond motifs is 1. The SMILES string of the molecule is CC(N)c1ccc2cccnc2n1. The smallest absolute Gasteiger partial charge is 0.159 e.